The molecule has 0 spiro atoms. The monoisotopic (exact) mass is 244 g/mol. The number of aliphatic carboxylic acids is 1. The van der Waals surface area contributed by atoms with Gasteiger partial charge >= 0.3 is 5.97 Å². The molecule has 0 aliphatic heterocycles. The molecule has 0 aliphatic carbocycles. The number of carboxylic acid groups (broad SMARTS) is 1. The summed E-state index contributed by atoms with van der Waals surface area (Å²) < 4.78 is 1.70. The lowest BCUT2D eigenvalue weighted by molar-refractivity contribution is -0.133. The van der Waals surface area contributed by atoms with Crippen molar-refractivity contribution in [3.63, 3.8) is 0 Å². The summed E-state index contributed by atoms with van der Waals surface area (Å²) in [6.45, 7) is 6.27. The molecule has 1 heterocycles. The molecule has 0 amide bonds. The first-order valence-corrected chi connectivity index (χ1v) is 6.17. The highest BCUT2D eigenvalue weighted by Crippen LogP contribution is 2.24. The number of nitrogens with zero attached hydrogens (tertiary/aromatic N) is 4. The van der Waals surface area contributed by atoms with Crippen molar-refractivity contribution in [2.45, 2.75) is 38.4 Å². The highest BCUT2D eigenvalue weighted by Gasteiger charge is 2.18. The molecule has 1 rings (SSSR count). The molecule has 0 aliphatic rings. The van der Waals surface area contributed by atoms with Crippen LogP contribution in [0.5, 0.6) is 0 Å². The minimum atomic E-state index is -0.865. The van der Waals surface area contributed by atoms with Crippen molar-refractivity contribution >= 4 is 17.7 Å². The lowest BCUT2D eigenvalue weighted by Crippen LogP contribution is -2.16. The van der Waals surface area contributed by atoms with Crippen LogP contribution in [0.25, 0.3) is 0 Å². The molecule has 90 valence electrons. The first-order chi connectivity index (χ1) is 7.56. The van der Waals surface area contributed by atoms with Crippen LogP contribution in [0.4, 0.5) is 0 Å². The van der Waals surface area contributed by atoms with E-state index >= 15 is 0 Å². The van der Waals surface area contributed by atoms with E-state index in [1.165, 1.54) is 0 Å². The number of aromatic nitrogens is 4. The molecule has 0 aromatic carbocycles. The average Bonchev–Trinajstić information content (AvgIpc) is 2.72. The molecule has 1 aromatic heterocycles. The maximum atomic E-state index is 10.5. The van der Waals surface area contributed by atoms with E-state index in [1.807, 2.05) is 6.92 Å². The van der Waals surface area contributed by atoms with E-state index < -0.39 is 5.97 Å². The fraction of sp³-hybridized carbons (Fsp3) is 0.778. The van der Waals surface area contributed by atoms with E-state index in [2.05, 4.69) is 29.4 Å². The van der Waals surface area contributed by atoms with Gasteiger partial charge in [-0.05, 0) is 23.3 Å². The highest BCUT2D eigenvalue weighted by molar-refractivity contribution is 7.99. The predicted molar refractivity (Wildman–Crippen MR) is 60.3 cm³/mol. The molecule has 0 bridgehead atoms. The van der Waals surface area contributed by atoms with Crippen LogP contribution in [0.1, 0.15) is 33.2 Å². The van der Waals surface area contributed by atoms with Crippen molar-refractivity contribution in [3.05, 3.63) is 0 Å². The lowest BCUT2D eigenvalue weighted by atomic mass is 10.0. The van der Waals surface area contributed by atoms with Gasteiger partial charge in [0.15, 0.2) is 0 Å². The van der Waals surface area contributed by atoms with E-state index in [9.17, 15) is 4.79 Å². The molecular formula is C9H16N4O2S. The third kappa shape index (κ3) is 3.19. The normalized spacial score (nSPS) is 14.7. The third-order valence-corrected chi connectivity index (χ3v) is 3.56. The molecular weight excluding hydrogens is 228 g/mol. The Morgan fingerprint density at radius 2 is 2.25 bits per heavy atom. The number of tetrazole rings is 1. The Morgan fingerprint density at radius 3 is 2.81 bits per heavy atom. The first kappa shape index (κ1) is 13.0. The van der Waals surface area contributed by atoms with Crippen LogP contribution in [0.3, 0.4) is 0 Å². The fourth-order valence-corrected chi connectivity index (χ4v) is 1.93. The zero-order chi connectivity index (χ0) is 12.1. The van der Waals surface area contributed by atoms with Crippen LogP contribution in [0.2, 0.25) is 0 Å². The average molecular weight is 244 g/mol. The van der Waals surface area contributed by atoms with Crippen LogP contribution < -0.4 is 0 Å². The predicted octanol–water partition coefficient (Wildman–Crippen LogP) is 1.46. The Labute approximate surface area is 98.4 Å². The van der Waals surface area contributed by atoms with E-state index in [4.69, 9.17) is 5.11 Å². The molecule has 6 nitrogen and oxygen atoms in total. The topological polar surface area (TPSA) is 80.9 Å². The molecule has 0 saturated carbocycles. The molecule has 2 unspecified atom stereocenters. The van der Waals surface area contributed by atoms with Gasteiger partial charge in [0, 0.05) is 0 Å². The Bertz CT molecular complexity index is 355. The number of hydrogen-bond donors (Lipinski definition) is 1. The zero-order valence-electron chi connectivity index (χ0n) is 9.62. The zero-order valence-corrected chi connectivity index (χ0v) is 10.4. The van der Waals surface area contributed by atoms with Crippen molar-refractivity contribution < 1.29 is 9.90 Å². The fourth-order valence-electron chi connectivity index (χ4n) is 1.24. The summed E-state index contributed by atoms with van der Waals surface area (Å²) >= 11 is 1.15. The minimum Gasteiger partial charge on any atom is -0.481 e. The van der Waals surface area contributed by atoms with Gasteiger partial charge in [0.1, 0.15) is 0 Å². The van der Waals surface area contributed by atoms with Crippen molar-refractivity contribution in [1.82, 2.24) is 20.2 Å². The van der Waals surface area contributed by atoms with Gasteiger partial charge < -0.3 is 5.11 Å². The summed E-state index contributed by atoms with van der Waals surface area (Å²) in [6.07, 6.45) is 1.03. The Kier molecular flexibility index (Phi) is 4.72. The van der Waals surface area contributed by atoms with Crippen LogP contribution >= 0.6 is 11.8 Å². The number of hydrogen-bond acceptors (Lipinski definition) is 5. The van der Waals surface area contributed by atoms with Crippen LogP contribution in [-0.4, -0.2) is 37.0 Å². The standard InChI is InChI=1S/C9H16N4O2S/c1-4-6(2)7(3)13-9(10-11-12-13)16-5-8(14)15/h6-7H,4-5H2,1-3H3,(H,14,15). The summed E-state index contributed by atoms with van der Waals surface area (Å²) in [7, 11) is 0. The summed E-state index contributed by atoms with van der Waals surface area (Å²) in [6, 6.07) is 0.177. The van der Waals surface area contributed by atoms with Crippen molar-refractivity contribution in [2.75, 3.05) is 5.75 Å². The number of thioether (sulfide) groups is 1. The van der Waals surface area contributed by atoms with E-state index in [0.717, 1.165) is 18.2 Å². The highest BCUT2D eigenvalue weighted by atomic mass is 32.2. The van der Waals surface area contributed by atoms with Gasteiger partial charge in [-0.15, -0.1) is 5.10 Å². The second-order valence-corrected chi connectivity index (χ2v) is 4.66. The molecule has 1 N–H and O–H groups in total. The number of carboxylic acids is 1. The van der Waals surface area contributed by atoms with Crippen LogP contribution in [-0.2, 0) is 4.79 Å². The van der Waals surface area contributed by atoms with Crippen molar-refractivity contribution in [3.8, 4) is 0 Å². The van der Waals surface area contributed by atoms with Crippen molar-refractivity contribution in [2.24, 2.45) is 5.92 Å². The summed E-state index contributed by atoms with van der Waals surface area (Å²) in [5.74, 6) is -0.434. The number of rotatable bonds is 6. The Balaban J connectivity index is 2.73. The van der Waals surface area contributed by atoms with Gasteiger partial charge in [-0.1, -0.05) is 32.0 Å². The Morgan fingerprint density at radius 1 is 1.56 bits per heavy atom. The van der Waals surface area contributed by atoms with Crippen molar-refractivity contribution in [1.29, 1.82) is 0 Å². The molecule has 0 fully saturated rings. The first-order valence-electron chi connectivity index (χ1n) is 5.18. The quantitative estimate of drug-likeness (QED) is 0.763. The third-order valence-electron chi connectivity index (χ3n) is 2.64. The molecule has 7 heteroatoms. The van der Waals surface area contributed by atoms with Gasteiger partial charge in [-0.3, -0.25) is 4.79 Å². The van der Waals surface area contributed by atoms with E-state index in [-0.39, 0.29) is 11.8 Å². The SMILES string of the molecule is CCC(C)C(C)n1nnnc1SCC(=O)O. The lowest BCUT2D eigenvalue weighted by Gasteiger charge is -2.18. The van der Waals surface area contributed by atoms with Crippen LogP contribution in [0, 0.1) is 5.92 Å². The largest absolute Gasteiger partial charge is 0.481 e. The molecule has 0 radical (unpaired) electrons. The summed E-state index contributed by atoms with van der Waals surface area (Å²) in [5.41, 5.74) is 0. The maximum Gasteiger partial charge on any atom is 0.313 e. The smallest absolute Gasteiger partial charge is 0.313 e. The second kappa shape index (κ2) is 5.83. The second-order valence-electron chi connectivity index (χ2n) is 3.71. The molecule has 2 atom stereocenters. The van der Waals surface area contributed by atoms with Gasteiger partial charge in [-0.25, -0.2) is 4.68 Å². The minimum absolute atomic E-state index is 0.0202. The Hall–Kier alpha value is -1.11. The van der Waals surface area contributed by atoms with Gasteiger partial charge in [0.2, 0.25) is 5.16 Å². The van der Waals surface area contributed by atoms with E-state index in [1.54, 1.807) is 4.68 Å². The van der Waals surface area contributed by atoms with E-state index in [0.29, 0.717) is 11.1 Å². The van der Waals surface area contributed by atoms with Gasteiger partial charge in [-0.2, -0.15) is 0 Å². The number of carbonyl (C=O) groups is 1. The van der Waals surface area contributed by atoms with Gasteiger partial charge in [0.05, 0.1) is 11.8 Å². The molecule has 0 saturated heterocycles. The molecule has 1 aromatic rings. The maximum absolute atomic E-state index is 10.5. The molecule has 16 heavy (non-hydrogen) atoms. The van der Waals surface area contributed by atoms with Gasteiger partial charge in [0.25, 0.3) is 0 Å². The van der Waals surface area contributed by atoms with Crippen LogP contribution in [0.15, 0.2) is 5.16 Å². The summed E-state index contributed by atoms with van der Waals surface area (Å²) in [4.78, 5) is 10.5. The summed E-state index contributed by atoms with van der Waals surface area (Å²) in [5, 5.41) is 20.5.